The van der Waals surface area contributed by atoms with Crippen LogP contribution >= 0.6 is 0 Å². The van der Waals surface area contributed by atoms with Gasteiger partial charge in [-0.15, -0.1) is 0 Å². The molecule has 0 fully saturated rings. The first kappa shape index (κ1) is 16.5. The van der Waals surface area contributed by atoms with Gasteiger partial charge in [-0.1, -0.05) is 25.1 Å². The van der Waals surface area contributed by atoms with Gasteiger partial charge in [-0.05, 0) is 61.2 Å². The highest BCUT2D eigenvalue weighted by Gasteiger charge is 2.07. The normalized spacial score (nSPS) is 11.2. The fraction of sp³-hybridized carbons (Fsp3) is 0.222. The maximum Gasteiger partial charge on any atom is 0.339 e. The van der Waals surface area contributed by atoms with E-state index in [1.807, 2.05) is 39.0 Å². The van der Waals surface area contributed by atoms with Crippen molar-refractivity contribution in [3.63, 3.8) is 0 Å². The van der Waals surface area contributed by atoms with E-state index in [0.717, 1.165) is 28.1 Å². The number of aromatic hydroxyl groups is 1. The molecule has 0 aliphatic rings. The topological polar surface area (TPSA) is 73.7 Å². The summed E-state index contributed by atoms with van der Waals surface area (Å²) in [5.74, 6) is 0.199. The second-order valence-electron chi connectivity index (χ2n) is 5.29. The van der Waals surface area contributed by atoms with E-state index in [2.05, 4.69) is 15.8 Å². The van der Waals surface area contributed by atoms with Crippen molar-refractivity contribution in [2.24, 2.45) is 5.10 Å². The average Bonchev–Trinajstić information content (AvgIpc) is 2.53. The third kappa shape index (κ3) is 4.32. The van der Waals surface area contributed by atoms with Crippen LogP contribution in [0.4, 0.5) is 10.5 Å². The van der Waals surface area contributed by atoms with Gasteiger partial charge in [0.25, 0.3) is 0 Å². The predicted octanol–water partition coefficient (Wildman–Crippen LogP) is 3.94. The number of nitrogens with zero attached hydrogens (tertiary/aromatic N) is 1. The van der Waals surface area contributed by atoms with Gasteiger partial charge in [0.05, 0.1) is 5.71 Å². The van der Waals surface area contributed by atoms with E-state index in [-0.39, 0.29) is 11.8 Å². The van der Waals surface area contributed by atoms with Crippen molar-refractivity contribution >= 4 is 17.4 Å². The van der Waals surface area contributed by atoms with Gasteiger partial charge < -0.3 is 10.4 Å². The molecule has 120 valence electrons. The van der Waals surface area contributed by atoms with E-state index in [1.165, 1.54) is 0 Å². The molecule has 0 spiro atoms. The number of hydrogen-bond donors (Lipinski definition) is 3. The van der Waals surface area contributed by atoms with Crippen molar-refractivity contribution in [2.75, 3.05) is 5.32 Å². The molecular formula is C18H21N3O2. The zero-order valence-corrected chi connectivity index (χ0v) is 13.6. The summed E-state index contributed by atoms with van der Waals surface area (Å²) in [6.45, 7) is 5.84. The third-order valence-electron chi connectivity index (χ3n) is 3.55. The summed E-state index contributed by atoms with van der Waals surface area (Å²) in [6, 6.07) is 12.2. The molecule has 2 aromatic carbocycles. The first-order valence-electron chi connectivity index (χ1n) is 7.50. The molecule has 0 unspecified atom stereocenters. The number of nitrogens with one attached hydrogen (secondary N) is 2. The van der Waals surface area contributed by atoms with Crippen LogP contribution in [-0.2, 0) is 0 Å². The second-order valence-corrected chi connectivity index (χ2v) is 5.29. The summed E-state index contributed by atoms with van der Waals surface area (Å²) in [5, 5.41) is 16.3. The number of carbonyl (C=O) groups excluding carboxylic acids is 1. The molecule has 0 heterocycles. The molecule has 0 saturated carbocycles. The van der Waals surface area contributed by atoms with Gasteiger partial charge in [-0.2, -0.15) is 5.10 Å². The SMILES string of the molecule is CC/C(=N/NC(=O)Nc1c(C)cccc1C)c1ccc(O)cc1. The van der Waals surface area contributed by atoms with Crippen LogP contribution in [0.3, 0.4) is 0 Å². The van der Waals surface area contributed by atoms with Crippen LogP contribution in [0.15, 0.2) is 47.6 Å². The number of carbonyl (C=O) groups is 1. The summed E-state index contributed by atoms with van der Waals surface area (Å²) in [7, 11) is 0. The van der Waals surface area contributed by atoms with E-state index < -0.39 is 0 Å². The first-order valence-corrected chi connectivity index (χ1v) is 7.50. The highest BCUT2D eigenvalue weighted by atomic mass is 16.3. The van der Waals surface area contributed by atoms with Crippen LogP contribution in [0.5, 0.6) is 5.75 Å². The van der Waals surface area contributed by atoms with E-state index in [0.29, 0.717) is 6.42 Å². The standard InChI is InChI=1S/C18H21N3O2/c1-4-16(14-8-10-15(22)11-9-14)20-21-18(23)19-17-12(2)6-5-7-13(17)3/h5-11,22H,4H2,1-3H3,(H2,19,21,23)/b20-16-. The van der Waals surface area contributed by atoms with E-state index in [1.54, 1.807) is 24.3 Å². The van der Waals surface area contributed by atoms with Crippen molar-refractivity contribution in [2.45, 2.75) is 27.2 Å². The van der Waals surface area contributed by atoms with Crippen LogP contribution < -0.4 is 10.7 Å². The molecule has 0 saturated heterocycles. The van der Waals surface area contributed by atoms with Crippen LogP contribution in [0.1, 0.15) is 30.0 Å². The highest BCUT2D eigenvalue weighted by molar-refractivity contribution is 6.01. The number of hydrazone groups is 1. The molecular weight excluding hydrogens is 290 g/mol. The monoisotopic (exact) mass is 311 g/mol. The molecule has 3 N–H and O–H groups in total. The van der Waals surface area contributed by atoms with Gasteiger partial charge in [0.1, 0.15) is 5.75 Å². The number of rotatable bonds is 4. The molecule has 0 bridgehead atoms. The zero-order valence-electron chi connectivity index (χ0n) is 13.6. The van der Waals surface area contributed by atoms with Gasteiger partial charge in [0.2, 0.25) is 0 Å². The molecule has 5 heteroatoms. The molecule has 0 aliphatic carbocycles. The lowest BCUT2D eigenvalue weighted by Gasteiger charge is -2.11. The number of para-hydroxylation sites is 1. The van der Waals surface area contributed by atoms with Gasteiger partial charge >= 0.3 is 6.03 Å². The number of phenols is 1. The zero-order chi connectivity index (χ0) is 16.8. The van der Waals surface area contributed by atoms with E-state index in [9.17, 15) is 9.90 Å². The largest absolute Gasteiger partial charge is 0.508 e. The third-order valence-corrected chi connectivity index (χ3v) is 3.55. The number of urea groups is 1. The molecule has 0 radical (unpaired) electrons. The summed E-state index contributed by atoms with van der Waals surface area (Å²) >= 11 is 0. The highest BCUT2D eigenvalue weighted by Crippen LogP contribution is 2.19. The number of anilines is 1. The molecule has 0 atom stereocenters. The second kappa shape index (κ2) is 7.45. The molecule has 2 rings (SSSR count). The van der Waals surface area contributed by atoms with E-state index >= 15 is 0 Å². The molecule has 5 nitrogen and oxygen atoms in total. The van der Waals surface area contributed by atoms with Crippen LogP contribution in [0.25, 0.3) is 0 Å². The van der Waals surface area contributed by atoms with E-state index in [4.69, 9.17) is 0 Å². The Hall–Kier alpha value is -2.82. The summed E-state index contributed by atoms with van der Waals surface area (Å²) in [6.07, 6.45) is 0.661. The molecule has 23 heavy (non-hydrogen) atoms. The Labute approximate surface area is 136 Å². The molecule has 0 aromatic heterocycles. The Morgan fingerprint density at radius 3 is 2.26 bits per heavy atom. The quantitative estimate of drug-likeness (QED) is 0.591. The first-order chi connectivity index (χ1) is 11.0. The number of hydrogen-bond acceptors (Lipinski definition) is 3. The predicted molar refractivity (Wildman–Crippen MR) is 93.0 cm³/mol. The van der Waals surface area contributed by atoms with Gasteiger partial charge in [0, 0.05) is 5.69 Å². The Balaban J connectivity index is 2.08. The molecule has 0 aliphatic heterocycles. The summed E-state index contributed by atoms with van der Waals surface area (Å²) < 4.78 is 0. The maximum atomic E-state index is 12.1. The Bertz CT molecular complexity index is 701. The lowest BCUT2D eigenvalue weighted by Crippen LogP contribution is -2.26. The Morgan fingerprint density at radius 2 is 1.70 bits per heavy atom. The minimum atomic E-state index is -0.382. The average molecular weight is 311 g/mol. The lowest BCUT2D eigenvalue weighted by atomic mass is 10.1. The number of amides is 2. The molecule has 2 amide bonds. The smallest absolute Gasteiger partial charge is 0.339 e. The summed E-state index contributed by atoms with van der Waals surface area (Å²) in [5.41, 5.74) is 6.91. The fourth-order valence-corrected chi connectivity index (χ4v) is 2.27. The minimum Gasteiger partial charge on any atom is -0.508 e. The fourth-order valence-electron chi connectivity index (χ4n) is 2.27. The van der Waals surface area contributed by atoms with Gasteiger partial charge in [-0.25, -0.2) is 10.2 Å². The minimum absolute atomic E-state index is 0.199. The summed E-state index contributed by atoms with van der Waals surface area (Å²) in [4.78, 5) is 12.1. The van der Waals surface area contributed by atoms with Gasteiger partial charge in [-0.3, -0.25) is 0 Å². The number of phenolic OH excluding ortho intramolecular Hbond substituents is 1. The maximum absolute atomic E-state index is 12.1. The van der Waals surface area contributed by atoms with Crippen molar-refractivity contribution in [3.05, 3.63) is 59.2 Å². The molecule has 2 aromatic rings. The Kier molecular flexibility index (Phi) is 5.36. The lowest BCUT2D eigenvalue weighted by molar-refractivity contribution is 0.252. The number of aryl methyl sites for hydroxylation is 2. The van der Waals surface area contributed by atoms with Crippen molar-refractivity contribution < 1.29 is 9.90 Å². The van der Waals surface area contributed by atoms with Crippen LogP contribution in [-0.4, -0.2) is 16.8 Å². The number of benzene rings is 2. The van der Waals surface area contributed by atoms with Crippen LogP contribution in [0.2, 0.25) is 0 Å². The van der Waals surface area contributed by atoms with Crippen molar-refractivity contribution in [3.8, 4) is 5.75 Å². The Morgan fingerprint density at radius 1 is 1.09 bits per heavy atom. The van der Waals surface area contributed by atoms with Crippen molar-refractivity contribution in [1.82, 2.24) is 5.43 Å². The van der Waals surface area contributed by atoms with Crippen LogP contribution in [0, 0.1) is 13.8 Å². The van der Waals surface area contributed by atoms with Crippen molar-refractivity contribution in [1.29, 1.82) is 0 Å². The van der Waals surface area contributed by atoms with Gasteiger partial charge in [0.15, 0.2) is 0 Å².